The van der Waals surface area contributed by atoms with Gasteiger partial charge in [-0.1, -0.05) is 29.5 Å². The fourth-order valence-electron chi connectivity index (χ4n) is 3.58. The number of rotatable bonds is 5. The number of thiazole rings is 1. The van der Waals surface area contributed by atoms with Crippen LogP contribution in [-0.4, -0.2) is 56.8 Å². The first-order valence-electron chi connectivity index (χ1n) is 10.1. The highest BCUT2D eigenvalue weighted by Crippen LogP contribution is 2.30. The number of pyridine rings is 2. The van der Waals surface area contributed by atoms with Gasteiger partial charge in [0.05, 0.1) is 10.2 Å². The molecular weight excluding hydrogens is 410 g/mol. The molecule has 0 atom stereocenters. The van der Waals surface area contributed by atoms with Gasteiger partial charge < -0.3 is 9.64 Å². The largest absolute Gasteiger partial charge is 0.431 e. The number of hydrogen-bond donors (Lipinski definition) is 0. The summed E-state index contributed by atoms with van der Waals surface area (Å²) in [7, 11) is 0. The van der Waals surface area contributed by atoms with Gasteiger partial charge in [-0.05, 0) is 35.9 Å². The molecule has 0 aliphatic carbocycles. The number of carbonyl (C=O) groups is 1. The van der Waals surface area contributed by atoms with Gasteiger partial charge in [0.2, 0.25) is 0 Å². The summed E-state index contributed by atoms with van der Waals surface area (Å²) in [5, 5.41) is 0.615. The second-order valence-corrected chi connectivity index (χ2v) is 8.35. The number of aromatic nitrogens is 3. The van der Waals surface area contributed by atoms with Crippen molar-refractivity contribution in [2.75, 3.05) is 26.2 Å². The molecule has 0 spiro atoms. The van der Waals surface area contributed by atoms with Crippen molar-refractivity contribution in [1.82, 2.24) is 24.8 Å². The van der Waals surface area contributed by atoms with Crippen LogP contribution in [0.1, 0.15) is 16.1 Å². The highest BCUT2D eigenvalue weighted by atomic mass is 32.1. The van der Waals surface area contributed by atoms with Gasteiger partial charge in [0.1, 0.15) is 11.4 Å². The molecule has 8 heteroatoms. The molecule has 0 bridgehead atoms. The molecule has 156 valence electrons. The molecule has 1 saturated heterocycles. The lowest BCUT2D eigenvalue weighted by atomic mass is 10.2. The minimum absolute atomic E-state index is 0.00683. The number of benzene rings is 1. The van der Waals surface area contributed by atoms with E-state index in [0.717, 1.165) is 35.6 Å². The average Bonchev–Trinajstić information content (AvgIpc) is 3.23. The zero-order chi connectivity index (χ0) is 21.0. The summed E-state index contributed by atoms with van der Waals surface area (Å²) in [6.45, 7) is 3.96. The van der Waals surface area contributed by atoms with Gasteiger partial charge in [-0.3, -0.25) is 19.7 Å². The summed E-state index contributed by atoms with van der Waals surface area (Å²) in [5.41, 5.74) is 2.62. The van der Waals surface area contributed by atoms with Crippen LogP contribution in [0.25, 0.3) is 10.2 Å². The van der Waals surface area contributed by atoms with E-state index in [-0.39, 0.29) is 5.91 Å². The van der Waals surface area contributed by atoms with Crippen molar-refractivity contribution in [3.8, 4) is 10.9 Å². The summed E-state index contributed by atoms with van der Waals surface area (Å²) in [5.74, 6) is 0.772. The zero-order valence-electron chi connectivity index (χ0n) is 16.8. The maximum absolute atomic E-state index is 12.5. The molecular formula is C23H21N5O2S. The van der Waals surface area contributed by atoms with Crippen molar-refractivity contribution < 1.29 is 9.53 Å². The standard InChI is InChI=1S/C23H21N5O2S/c29-22(20-3-1-2-9-25-20)28-13-11-27(12-14-28)16-17-4-6-18(7-5-17)30-23-26-19-8-10-24-15-21(19)31-23/h1-10,15H,11-14,16H2. The molecule has 1 aromatic carbocycles. The number of ether oxygens (including phenoxy) is 1. The summed E-state index contributed by atoms with van der Waals surface area (Å²) in [6.07, 6.45) is 5.19. The molecule has 1 aliphatic rings. The van der Waals surface area contributed by atoms with Crippen LogP contribution < -0.4 is 4.74 Å². The van der Waals surface area contributed by atoms with Gasteiger partial charge in [-0.15, -0.1) is 0 Å². The number of nitrogens with zero attached hydrogens (tertiary/aromatic N) is 5. The van der Waals surface area contributed by atoms with Crippen molar-refractivity contribution >= 4 is 27.5 Å². The first-order valence-corrected chi connectivity index (χ1v) is 11.0. The SMILES string of the molecule is O=C(c1ccccn1)N1CCN(Cc2ccc(Oc3nc4ccncc4s3)cc2)CC1. The first-order chi connectivity index (χ1) is 15.2. The van der Waals surface area contributed by atoms with E-state index in [2.05, 4.69) is 32.0 Å². The fourth-order valence-corrected chi connectivity index (χ4v) is 4.39. The van der Waals surface area contributed by atoms with Gasteiger partial charge >= 0.3 is 0 Å². The second kappa shape index (κ2) is 8.79. The lowest BCUT2D eigenvalue weighted by Crippen LogP contribution is -2.48. The van der Waals surface area contributed by atoms with Crippen LogP contribution in [0.3, 0.4) is 0 Å². The van der Waals surface area contributed by atoms with Crippen LogP contribution in [0.5, 0.6) is 10.9 Å². The topological polar surface area (TPSA) is 71.5 Å². The van der Waals surface area contributed by atoms with Crippen LogP contribution >= 0.6 is 11.3 Å². The number of piperazine rings is 1. The Bertz CT molecular complexity index is 1140. The smallest absolute Gasteiger partial charge is 0.279 e. The number of hydrogen-bond acceptors (Lipinski definition) is 7. The van der Waals surface area contributed by atoms with Crippen LogP contribution in [0.2, 0.25) is 0 Å². The molecule has 4 aromatic rings. The minimum atomic E-state index is 0.00683. The molecule has 1 fully saturated rings. The van der Waals surface area contributed by atoms with Gasteiger partial charge in [0.15, 0.2) is 0 Å². The highest BCUT2D eigenvalue weighted by Gasteiger charge is 2.22. The van der Waals surface area contributed by atoms with E-state index in [1.54, 1.807) is 24.7 Å². The lowest BCUT2D eigenvalue weighted by Gasteiger charge is -2.34. The van der Waals surface area contributed by atoms with Crippen LogP contribution in [0, 0.1) is 0 Å². The van der Waals surface area contributed by atoms with Crippen LogP contribution in [0.15, 0.2) is 67.1 Å². The van der Waals surface area contributed by atoms with Crippen LogP contribution in [0.4, 0.5) is 0 Å². The number of amides is 1. The van der Waals surface area contributed by atoms with E-state index in [1.165, 1.54) is 16.9 Å². The zero-order valence-corrected chi connectivity index (χ0v) is 17.7. The Morgan fingerprint density at radius 2 is 1.84 bits per heavy atom. The maximum atomic E-state index is 12.5. The van der Waals surface area contributed by atoms with Crippen molar-refractivity contribution in [2.45, 2.75) is 6.54 Å². The van der Waals surface area contributed by atoms with Crippen molar-refractivity contribution in [3.05, 3.63) is 78.4 Å². The summed E-state index contributed by atoms with van der Waals surface area (Å²) in [4.78, 5) is 29.5. The third kappa shape index (κ3) is 4.55. The Kier molecular flexibility index (Phi) is 5.56. The fraction of sp³-hybridized carbons (Fsp3) is 0.217. The quantitative estimate of drug-likeness (QED) is 0.478. The van der Waals surface area contributed by atoms with Crippen molar-refractivity contribution in [2.24, 2.45) is 0 Å². The number of carbonyl (C=O) groups excluding carboxylic acids is 1. The van der Waals surface area contributed by atoms with E-state index < -0.39 is 0 Å². The Morgan fingerprint density at radius 1 is 1.00 bits per heavy atom. The molecule has 1 aliphatic heterocycles. The van der Waals surface area contributed by atoms with Gasteiger partial charge in [-0.2, -0.15) is 0 Å². The molecule has 0 N–H and O–H groups in total. The molecule has 0 saturated carbocycles. The van der Waals surface area contributed by atoms with E-state index in [9.17, 15) is 4.79 Å². The predicted octanol–water partition coefficient (Wildman–Crippen LogP) is 3.84. The van der Waals surface area contributed by atoms with Gasteiger partial charge in [0, 0.05) is 51.3 Å². The van der Waals surface area contributed by atoms with Crippen LogP contribution in [-0.2, 0) is 6.54 Å². The normalized spacial score (nSPS) is 14.6. The second-order valence-electron chi connectivity index (χ2n) is 7.35. The van der Waals surface area contributed by atoms with E-state index in [0.29, 0.717) is 24.0 Å². The third-order valence-corrected chi connectivity index (χ3v) is 6.13. The monoisotopic (exact) mass is 431 g/mol. The Balaban J connectivity index is 1.15. The predicted molar refractivity (Wildman–Crippen MR) is 119 cm³/mol. The van der Waals surface area contributed by atoms with Gasteiger partial charge in [-0.25, -0.2) is 4.98 Å². The van der Waals surface area contributed by atoms with Crippen molar-refractivity contribution in [3.63, 3.8) is 0 Å². The molecule has 1 amide bonds. The van der Waals surface area contributed by atoms with Crippen molar-refractivity contribution in [1.29, 1.82) is 0 Å². The Morgan fingerprint density at radius 3 is 2.58 bits per heavy atom. The van der Waals surface area contributed by atoms with E-state index in [1.807, 2.05) is 35.2 Å². The Labute approximate surface area is 184 Å². The summed E-state index contributed by atoms with van der Waals surface area (Å²) in [6, 6.07) is 15.4. The molecule has 7 nitrogen and oxygen atoms in total. The maximum Gasteiger partial charge on any atom is 0.279 e. The van der Waals surface area contributed by atoms with E-state index >= 15 is 0 Å². The summed E-state index contributed by atoms with van der Waals surface area (Å²) >= 11 is 1.48. The molecule has 3 aromatic heterocycles. The highest BCUT2D eigenvalue weighted by molar-refractivity contribution is 7.20. The minimum Gasteiger partial charge on any atom is -0.431 e. The molecule has 0 unspecified atom stereocenters. The first kappa shape index (κ1) is 19.6. The molecule has 31 heavy (non-hydrogen) atoms. The van der Waals surface area contributed by atoms with E-state index in [4.69, 9.17) is 4.74 Å². The number of fused-ring (bicyclic) bond motifs is 1. The average molecular weight is 432 g/mol. The molecule has 5 rings (SSSR count). The third-order valence-electron chi connectivity index (χ3n) is 5.25. The molecule has 0 radical (unpaired) electrons. The summed E-state index contributed by atoms with van der Waals surface area (Å²) < 4.78 is 6.92. The molecule has 4 heterocycles. The van der Waals surface area contributed by atoms with Gasteiger partial charge in [0.25, 0.3) is 11.1 Å². The lowest BCUT2D eigenvalue weighted by molar-refractivity contribution is 0.0622. The Hall–Kier alpha value is -3.36.